The first-order valence-electron chi connectivity index (χ1n) is 6.17. The van der Waals surface area contributed by atoms with Crippen LogP contribution in [0.1, 0.15) is 12.8 Å². The van der Waals surface area contributed by atoms with E-state index in [4.69, 9.17) is 5.73 Å². The van der Waals surface area contributed by atoms with Crippen molar-refractivity contribution in [1.82, 2.24) is 4.31 Å². The fraction of sp³-hybridized carbons (Fsp3) is 0.500. The van der Waals surface area contributed by atoms with E-state index >= 15 is 0 Å². The second kappa shape index (κ2) is 4.77. The van der Waals surface area contributed by atoms with Crippen LogP contribution in [-0.2, 0) is 10.0 Å². The zero-order valence-corrected chi connectivity index (χ0v) is 12.3. The van der Waals surface area contributed by atoms with E-state index in [2.05, 4.69) is 5.32 Å². The average molecular weight is 323 g/mol. The van der Waals surface area contributed by atoms with Gasteiger partial charge in [-0.2, -0.15) is 13.2 Å². The first kappa shape index (κ1) is 15.9. The molecule has 0 bridgehead atoms. The predicted octanol–water partition coefficient (Wildman–Crippen LogP) is 2.03. The molecule has 118 valence electrons. The highest BCUT2D eigenvalue weighted by molar-refractivity contribution is 7.89. The molecule has 0 unspecified atom stereocenters. The normalized spacial score (nSPS) is 17.8. The van der Waals surface area contributed by atoms with Gasteiger partial charge in [0.05, 0.1) is 16.3 Å². The molecule has 1 aromatic rings. The third-order valence-corrected chi connectivity index (χ3v) is 5.28. The lowest BCUT2D eigenvalue weighted by molar-refractivity contribution is -0.151. The maximum atomic E-state index is 12.9. The minimum absolute atomic E-state index is 0.0202. The van der Waals surface area contributed by atoms with Crippen LogP contribution in [0.3, 0.4) is 0 Å². The van der Waals surface area contributed by atoms with Gasteiger partial charge in [0.15, 0.2) is 0 Å². The molecule has 3 N–H and O–H groups in total. The third-order valence-electron chi connectivity index (χ3n) is 3.47. The van der Waals surface area contributed by atoms with Crippen LogP contribution in [0.5, 0.6) is 0 Å². The summed E-state index contributed by atoms with van der Waals surface area (Å²) in [6.07, 6.45) is -4.41. The van der Waals surface area contributed by atoms with Crippen LogP contribution in [0.4, 0.5) is 24.5 Å². The Bertz CT molecular complexity index is 652. The third kappa shape index (κ3) is 2.80. The minimum Gasteiger partial charge on any atom is -0.397 e. The van der Waals surface area contributed by atoms with Crippen LogP contribution >= 0.6 is 0 Å². The van der Waals surface area contributed by atoms with E-state index in [1.165, 1.54) is 26.2 Å². The van der Waals surface area contributed by atoms with Gasteiger partial charge in [0, 0.05) is 14.1 Å². The van der Waals surface area contributed by atoms with E-state index in [9.17, 15) is 21.6 Å². The molecule has 1 aliphatic carbocycles. The highest BCUT2D eigenvalue weighted by Crippen LogP contribution is 2.51. The zero-order chi connectivity index (χ0) is 16.1. The molecule has 0 spiro atoms. The van der Waals surface area contributed by atoms with Gasteiger partial charge < -0.3 is 11.1 Å². The van der Waals surface area contributed by atoms with Crippen LogP contribution in [0, 0.1) is 0 Å². The number of benzene rings is 1. The Labute approximate surface area is 121 Å². The smallest absolute Gasteiger partial charge is 0.397 e. The van der Waals surface area contributed by atoms with Crippen LogP contribution in [-0.4, -0.2) is 38.5 Å². The molecule has 9 heteroatoms. The highest BCUT2D eigenvalue weighted by atomic mass is 32.2. The van der Waals surface area contributed by atoms with Gasteiger partial charge in [-0.3, -0.25) is 0 Å². The summed E-state index contributed by atoms with van der Waals surface area (Å²) in [7, 11) is -0.946. The van der Waals surface area contributed by atoms with Gasteiger partial charge in [0.2, 0.25) is 10.0 Å². The number of halogens is 3. The number of nitrogens with zero attached hydrogens (tertiary/aromatic N) is 1. The second-order valence-electron chi connectivity index (χ2n) is 5.24. The topological polar surface area (TPSA) is 75.4 Å². The maximum absolute atomic E-state index is 12.9. The number of nitrogen functional groups attached to an aromatic ring is 1. The molecule has 0 amide bonds. The monoisotopic (exact) mass is 323 g/mol. The molecule has 0 heterocycles. The molecule has 1 saturated carbocycles. The summed E-state index contributed by atoms with van der Waals surface area (Å²) in [4.78, 5) is -0.0626. The second-order valence-corrected chi connectivity index (χ2v) is 7.39. The van der Waals surface area contributed by atoms with Crippen molar-refractivity contribution >= 4 is 21.4 Å². The fourth-order valence-electron chi connectivity index (χ4n) is 1.89. The van der Waals surface area contributed by atoms with Gasteiger partial charge in [0.1, 0.15) is 5.54 Å². The van der Waals surface area contributed by atoms with Crippen molar-refractivity contribution in [1.29, 1.82) is 0 Å². The molecular weight excluding hydrogens is 307 g/mol. The molecule has 0 atom stereocenters. The quantitative estimate of drug-likeness (QED) is 0.831. The van der Waals surface area contributed by atoms with E-state index in [1.54, 1.807) is 0 Å². The van der Waals surface area contributed by atoms with Gasteiger partial charge >= 0.3 is 6.18 Å². The van der Waals surface area contributed by atoms with Gasteiger partial charge in [-0.25, -0.2) is 12.7 Å². The van der Waals surface area contributed by atoms with Crippen LogP contribution < -0.4 is 11.1 Å². The number of hydrogen-bond acceptors (Lipinski definition) is 4. The SMILES string of the molecule is CN(C)S(=O)(=O)c1ccc(NC2(C(F)(F)F)CC2)c(N)c1. The van der Waals surface area contributed by atoms with Crippen molar-refractivity contribution in [2.75, 3.05) is 25.1 Å². The number of nitrogens with one attached hydrogen (secondary N) is 1. The van der Waals surface area contributed by atoms with Gasteiger partial charge in [-0.05, 0) is 31.0 Å². The van der Waals surface area contributed by atoms with E-state index in [1.807, 2.05) is 0 Å². The number of alkyl halides is 3. The largest absolute Gasteiger partial charge is 0.411 e. The van der Waals surface area contributed by atoms with Gasteiger partial charge in [-0.15, -0.1) is 0 Å². The summed E-state index contributed by atoms with van der Waals surface area (Å²) in [5.41, 5.74) is 3.79. The van der Waals surface area contributed by atoms with Crippen molar-refractivity contribution in [2.24, 2.45) is 0 Å². The molecular formula is C12H16F3N3O2S. The predicted molar refractivity (Wildman–Crippen MR) is 73.4 cm³/mol. The number of sulfonamides is 1. The van der Waals surface area contributed by atoms with Crippen LogP contribution in [0.2, 0.25) is 0 Å². The summed E-state index contributed by atoms with van der Waals surface area (Å²) in [5, 5.41) is 2.39. The van der Waals surface area contributed by atoms with Crippen LogP contribution in [0.25, 0.3) is 0 Å². The molecule has 0 radical (unpaired) electrons. The van der Waals surface area contributed by atoms with Gasteiger partial charge in [-0.1, -0.05) is 0 Å². The number of anilines is 2. The van der Waals surface area contributed by atoms with Crippen LogP contribution in [0.15, 0.2) is 23.1 Å². The maximum Gasteiger partial charge on any atom is 0.411 e. The Morgan fingerprint density at radius 2 is 1.86 bits per heavy atom. The van der Waals surface area contributed by atoms with E-state index < -0.39 is 21.7 Å². The lowest BCUT2D eigenvalue weighted by Crippen LogP contribution is -2.38. The minimum atomic E-state index is -4.37. The van der Waals surface area contributed by atoms with Crippen molar-refractivity contribution in [3.63, 3.8) is 0 Å². The standard InChI is InChI=1S/C12H16F3N3O2S/c1-18(2)21(19,20)8-3-4-10(9(16)7-8)17-11(5-6-11)12(13,14)15/h3-4,7,17H,5-6,16H2,1-2H3. The van der Waals surface area contributed by atoms with Gasteiger partial charge in [0.25, 0.3) is 0 Å². The number of rotatable bonds is 4. The summed E-state index contributed by atoms with van der Waals surface area (Å²) in [5.74, 6) is 0. The Balaban J connectivity index is 2.30. The number of nitrogens with two attached hydrogens (primary N) is 1. The Kier molecular flexibility index (Phi) is 3.61. The van der Waals surface area contributed by atoms with Crippen molar-refractivity contribution in [3.8, 4) is 0 Å². The molecule has 5 nitrogen and oxygen atoms in total. The lowest BCUT2D eigenvalue weighted by atomic mass is 10.2. The van der Waals surface area contributed by atoms with Crippen molar-refractivity contribution in [2.45, 2.75) is 29.5 Å². The molecule has 0 aromatic heterocycles. The van der Waals surface area contributed by atoms with Crippen molar-refractivity contribution < 1.29 is 21.6 Å². The van der Waals surface area contributed by atoms with E-state index in [-0.39, 0.29) is 29.1 Å². The number of hydrogen-bond donors (Lipinski definition) is 2. The molecule has 2 rings (SSSR count). The summed E-state index contributed by atoms with van der Waals surface area (Å²) >= 11 is 0. The zero-order valence-electron chi connectivity index (χ0n) is 11.5. The molecule has 0 aliphatic heterocycles. The average Bonchev–Trinajstić information content (AvgIpc) is 3.11. The Hall–Kier alpha value is -1.48. The Morgan fingerprint density at radius 1 is 1.29 bits per heavy atom. The Morgan fingerprint density at radius 3 is 2.24 bits per heavy atom. The van der Waals surface area contributed by atoms with Crippen molar-refractivity contribution in [3.05, 3.63) is 18.2 Å². The first-order valence-corrected chi connectivity index (χ1v) is 7.61. The van der Waals surface area contributed by atoms with E-state index in [0.717, 1.165) is 10.4 Å². The molecule has 21 heavy (non-hydrogen) atoms. The lowest BCUT2D eigenvalue weighted by Gasteiger charge is -2.23. The summed E-state index contributed by atoms with van der Waals surface area (Å²) in [6.45, 7) is 0. The molecule has 1 aromatic carbocycles. The molecule has 0 saturated heterocycles. The molecule has 1 aliphatic rings. The molecule has 1 fully saturated rings. The summed E-state index contributed by atoms with van der Waals surface area (Å²) in [6, 6.07) is 3.65. The highest BCUT2D eigenvalue weighted by Gasteiger charge is 2.63. The first-order chi connectivity index (χ1) is 9.49. The fourth-order valence-corrected chi connectivity index (χ4v) is 2.83. The van der Waals surface area contributed by atoms with E-state index in [0.29, 0.717) is 0 Å². The summed E-state index contributed by atoms with van der Waals surface area (Å²) < 4.78 is 63.5.